The first-order valence-corrected chi connectivity index (χ1v) is 6.44. The first-order chi connectivity index (χ1) is 9.10. The van der Waals surface area contributed by atoms with Crippen LogP contribution in [0.5, 0.6) is 0 Å². The van der Waals surface area contributed by atoms with Crippen molar-refractivity contribution >= 4 is 11.5 Å². The molecule has 102 valence electrons. The molecule has 19 heavy (non-hydrogen) atoms. The molecule has 1 aromatic carbocycles. The summed E-state index contributed by atoms with van der Waals surface area (Å²) in [6.45, 7) is 3.20. The molecule has 1 aliphatic rings. The molecular formula is C15H18FNO2. The first kappa shape index (κ1) is 13.7. The Morgan fingerprint density at radius 2 is 2.37 bits per heavy atom. The van der Waals surface area contributed by atoms with Crippen molar-refractivity contribution in [3.05, 3.63) is 41.7 Å². The lowest BCUT2D eigenvalue weighted by molar-refractivity contribution is -0.125. The molecule has 4 heteroatoms. The molecule has 0 aromatic heterocycles. The lowest BCUT2D eigenvalue weighted by Gasteiger charge is -2.14. The largest absolute Gasteiger partial charge is 0.396 e. The van der Waals surface area contributed by atoms with Crippen LogP contribution in [0, 0.1) is 11.7 Å². The summed E-state index contributed by atoms with van der Waals surface area (Å²) < 4.78 is 13.1. The van der Waals surface area contributed by atoms with E-state index >= 15 is 0 Å². The molecule has 1 unspecified atom stereocenters. The molecule has 3 nitrogen and oxygen atoms in total. The van der Waals surface area contributed by atoms with Gasteiger partial charge >= 0.3 is 0 Å². The predicted molar refractivity (Wildman–Crippen MR) is 71.8 cm³/mol. The van der Waals surface area contributed by atoms with Crippen molar-refractivity contribution in [2.75, 3.05) is 19.7 Å². The number of aliphatic hydroxyl groups is 1. The number of carbonyl (C=O) groups excluding carboxylic acids is 1. The van der Waals surface area contributed by atoms with E-state index in [1.54, 1.807) is 24.0 Å². The Bertz CT molecular complexity index is 499. The van der Waals surface area contributed by atoms with Gasteiger partial charge in [0.25, 0.3) is 0 Å². The Balaban J connectivity index is 2.06. The fraction of sp³-hybridized carbons (Fsp3) is 0.400. The highest BCUT2D eigenvalue weighted by atomic mass is 19.1. The molecule has 0 bridgehead atoms. The maximum absolute atomic E-state index is 13.1. The van der Waals surface area contributed by atoms with Crippen LogP contribution in [-0.4, -0.2) is 35.6 Å². The van der Waals surface area contributed by atoms with Gasteiger partial charge in [-0.25, -0.2) is 4.39 Å². The zero-order valence-electron chi connectivity index (χ0n) is 11.0. The fourth-order valence-corrected chi connectivity index (χ4v) is 2.28. The van der Waals surface area contributed by atoms with Gasteiger partial charge < -0.3 is 10.0 Å². The average Bonchev–Trinajstić information content (AvgIpc) is 2.87. The van der Waals surface area contributed by atoms with Crippen molar-refractivity contribution in [1.82, 2.24) is 4.90 Å². The molecule has 1 amide bonds. The van der Waals surface area contributed by atoms with Crippen molar-refractivity contribution < 1.29 is 14.3 Å². The number of benzene rings is 1. The highest BCUT2D eigenvalue weighted by Gasteiger charge is 2.24. The lowest BCUT2D eigenvalue weighted by atomic mass is 10.1. The Morgan fingerprint density at radius 3 is 3.00 bits per heavy atom. The minimum atomic E-state index is -0.306. The summed E-state index contributed by atoms with van der Waals surface area (Å²) in [5.41, 5.74) is 1.46. The highest BCUT2D eigenvalue weighted by molar-refractivity contribution is 5.95. The molecule has 0 spiro atoms. The van der Waals surface area contributed by atoms with E-state index < -0.39 is 0 Å². The van der Waals surface area contributed by atoms with Crippen molar-refractivity contribution in [3.8, 4) is 0 Å². The number of hydrogen-bond donors (Lipinski definition) is 1. The molecule has 0 saturated carbocycles. The van der Waals surface area contributed by atoms with Crippen molar-refractivity contribution in [1.29, 1.82) is 0 Å². The van der Waals surface area contributed by atoms with Crippen molar-refractivity contribution in [2.24, 2.45) is 5.92 Å². The Hall–Kier alpha value is -1.68. The molecule has 2 rings (SSSR count). The second-order valence-electron chi connectivity index (χ2n) is 4.96. The van der Waals surface area contributed by atoms with E-state index in [4.69, 9.17) is 5.11 Å². The molecular weight excluding hydrogens is 245 g/mol. The normalized spacial score (nSPS) is 19.8. The second kappa shape index (κ2) is 5.97. The fourth-order valence-electron chi connectivity index (χ4n) is 2.28. The topological polar surface area (TPSA) is 40.5 Å². The van der Waals surface area contributed by atoms with Crippen LogP contribution in [0.25, 0.3) is 5.57 Å². The number of likely N-dealkylation sites (tertiary alicyclic amines) is 1. The molecule has 1 N–H and O–H groups in total. The summed E-state index contributed by atoms with van der Waals surface area (Å²) in [5.74, 6) is -0.191. The number of allylic oxidation sites excluding steroid dienone is 1. The van der Waals surface area contributed by atoms with Gasteiger partial charge in [0.2, 0.25) is 5.91 Å². The monoisotopic (exact) mass is 263 g/mol. The van der Waals surface area contributed by atoms with Crippen LogP contribution in [-0.2, 0) is 4.79 Å². The van der Waals surface area contributed by atoms with E-state index in [0.717, 1.165) is 12.0 Å². The van der Waals surface area contributed by atoms with Gasteiger partial charge in [-0.2, -0.15) is 0 Å². The third-order valence-corrected chi connectivity index (χ3v) is 3.48. The highest BCUT2D eigenvalue weighted by Crippen LogP contribution is 2.19. The second-order valence-corrected chi connectivity index (χ2v) is 4.96. The zero-order valence-corrected chi connectivity index (χ0v) is 11.0. The van der Waals surface area contributed by atoms with E-state index in [1.165, 1.54) is 18.2 Å². The van der Waals surface area contributed by atoms with E-state index in [-0.39, 0.29) is 24.2 Å². The van der Waals surface area contributed by atoms with E-state index in [0.29, 0.717) is 18.7 Å². The third kappa shape index (κ3) is 3.41. The summed E-state index contributed by atoms with van der Waals surface area (Å²) >= 11 is 0. The molecule has 1 fully saturated rings. The van der Waals surface area contributed by atoms with Gasteiger partial charge in [0.15, 0.2) is 0 Å². The van der Waals surface area contributed by atoms with Crippen LogP contribution in [0.1, 0.15) is 18.9 Å². The number of rotatable bonds is 3. The van der Waals surface area contributed by atoms with Crippen LogP contribution in [0.2, 0.25) is 0 Å². The van der Waals surface area contributed by atoms with Crippen LogP contribution in [0.4, 0.5) is 4.39 Å². The Morgan fingerprint density at radius 1 is 1.58 bits per heavy atom. The van der Waals surface area contributed by atoms with Gasteiger partial charge in [-0.15, -0.1) is 0 Å². The summed E-state index contributed by atoms with van der Waals surface area (Å²) in [7, 11) is 0. The molecule has 1 atom stereocenters. The van der Waals surface area contributed by atoms with Gasteiger partial charge in [-0.3, -0.25) is 4.79 Å². The third-order valence-electron chi connectivity index (χ3n) is 3.48. The maximum Gasteiger partial charge on any atom is 0.246 e. The van der Waals surface area contributed by atoms with Gasteiger partial charge in [-0.05, 0) is 36.6 Å². The van der Waals surface area contributed by atoms with Crippen molar-refractivity contribution in [3.63, 3.8) is 0 Å². The van der Waals surface area contributed by atoms with Crippen LogP contribution in [0.15, 0.2) is 30.3 Å². The number of nitrogens with zero attached hydrogens (tertiary/aromatic N) is 1. The molecule has 1 aromatic rings. The standard InChI is InChI=1S/C15H18FNO2/c1-11(13-3-2-4-14(16)8-13)7-15(19)17-6-5-12(9-17)10-18/h2-4,7-8,12,18H,5-6,9-10H2,1H3/b11-7-. The lowest BCUT2D eigenvalue weighted by Crippen LogP contribution is -2.27. The Kier molecular flexibility index (Phi) is 4.32. The summed E-state index contributed by atoms with van der Waals surface area (Å²) in [6.07, 6.45) is 2.38. The SMILES string of the molecule is C/C(=C/C(=O)N1CCC(CO)C1)c1cccc(F)c1. The van der Waals surface area contributed by atoms with Crippen LogP contribution in [0.3, 0.4) is 0 Å². The molecule has 1 aliphatic heterocycles. The molecule has 1 saturated heterocycles. The van der Waals surface area contributed by atoms with Gasteiger partial charge in [0, 0.05) is 31.7 Å². The quantitative estimate of drug-likeness (QED) is 0.848. The average molecular weight is 263 g/mol. The van der Waals surface area contributed by atoms with Gasteiger partial charge in [0.1, 0.15) is 5.82 Å². The molecule has 1 heterocycles. The minimum absolute atomic E-state index is 0.0716. The van der Waals surface area contributed by atoms with E-state index in [2.05, 4.69) is 0 Å². The first-order valence-electron chi connectivity index (χ1n) is 6.44. The summed E-state index contributed by atoms with van der Waals surface area (Å²) in [5, 5.41) is 9.06. The summed E-state index contributed by atoms with van der Waals surface area (Å²) in [4.78, 5) is 13.8. The van der Waals surface area contributed by atoms with Gasteiger partial charge in [0.05, 0.1) is 0 Å². The maximum atomic E-state index is 13.1. The number of carbonyl (C=O) groups is 1. The van der Waals surface area contributed by atoms with E-state index in [1.807, 2.05) is 0 Å². The molecule has 0 radical (unpaired) electrons. The molecule has 0 aliphatic carbocycles. The number of aliphatic hydroxyl groups excluding tert-OH is 1. The van der Waals surface area contributed by atoms with Crippen molar-refractivity contribution in [2.45, 2.75) is 13.3 Å². The number of hydrogen-bond acceptors (Lipinski definition) is 2. The zero-order chi connectivity index (χ0) is 13.8. The van der Waals surface area contributed by atoms with Gasteiger partial charge in [-0.1, -0.05) is 12.1 Å². The smallest absolute Gasteiger partial charge is 0.246 e. The van der Waals surface area contributed by atoms with Crippen LogP contribution < -0.4 is 0 Å². The summed E-state index contributed by atoms with van der Waals surface area (Å²) in [6, 6.07) is 6.21. The number of amides is 1. The number of halogens is 1. The Labute approximate surface area is 112 Å². The predicted octanol–water partition coefficient (Wildman–Crippen LogP) is 2.07. The van der Waals surface area contributed by atoms with Crippen LogP contribution >= 0.6 is 0 Å². The minimum Gasteiger partial charge on any atom is -0.396 e. The van der Waals surface area contributed by atoms with E-state index in [9.17, 15) is 9.18 Å².